The lowest BCUT2D eigenvalue weighted by Crippen LogP contribution is -2.40. The zero-order chi connectivity index (χ0) is 24.2. The number of anilines is 1. The van der Waals surface area contributed by atoms with Crippen LogP contribution in [0.2, 0.25) is 0 Å². The third-order valence-electron chi connectivity index (χ3n) is 5.64. The number of amides is 1. The summed E-state index contributed by atoms with van der Waals surface area (Å²) in [5, 5.41) is 10.8. The molecule has 0 fully saturated rings. The number of para-hydroxylation sites is 1. The third-order valence-corrected chi connectivity index (χ3v) is 5.64. The Hall–Kier alpha value is -4.14. The van der Waals surface area contributed by atoms with Crippen LogP contribution in [0.1, 0.15) is 43.6 Å². The first-order valence-corrected chi connectivity index (χ1v) is 11.3. The van der Waals surface area contributed by atoms with Gasteiger partial charge < -0.3 is 15.4 Å². The number of rotatable bonds is 8. The average Bonchev–Trinajstić information content (AvgIpc) is 3.22. The van der Waals surface area contributed by atoms with Crippen LogP contribution < -0.4 is 16.6 Å². The average molecular weight is 463 g/mol. The molecule has 0 saturated heterocycles. The van der Waals surface area contributed by atoms with Crippen LogP contribution >= 0.6 is 0 Å². The van der Waals surface area contributed by atoms with Crippen LogP contribution in [0.15, 0.2) is 58.1 Å². The number of fused-ring (bicyclic) bond motifs is 1. The monoisotopic (exact) mass is 462 g/mol. The quantitative estimate of drug-likeness (QED) is 0.391. The Morgan fingerprint density at radius 1 is 1.09 bits per heavy atom. The van der Waals surface area contributed by atoms with Gasteiger partial charge in [-0.25, -0.2) is 9.78 Å². The summed E-state index contributed by atoms with van der Waals surface area (Å²) in [5.41, 5.74) is 2.00. The molecule has 4 aromatic rings. The van der Waals surface area contributed by atoms with E-state index in [0.717, 1.165) is 18.4 Å². The molecule has 0 aliphatic heterocycles. The number of aryl methyl sites for hydroxylation is 1. The number of carbonyl (C=O) groups excluding carboxylic acids is 1. The number of nitrogens with one attached hydrogen (secondary N) is 2. The summed E-state index contributed by atoms with van der Waals surface area (Å²) >= 11 is 0. The number of aromatic amines is 1. The molecule has 0 bridgehead atoms. The molecule has 2 aromatic carbocycles. The standard InChI is InChI=1S/C25H27N5O4/c1-3-4-13-29-23-22(24(33)30(25(29)34)15-18-7-5-6-8-20(18)32)27-21(28-23)14-17-9-11-19(12-10-17)26-16(2)31/h5-12,32H,3-4,13-15H2,1-2H3,(H,26,31)(H,27,28)/p+1. The van der Waals surface area contributed by atoms with Gasteiger partial charge in [0.2, 0.25) is 5.91 Å². The van der Waals surface area contributed by atoms with Gasteiger partial charge in [-0.1, -0.05) is 37.6 Å². The van der Waals surface area contributed by atoms with Crippen LogP contribution in [0.3, 0.4) is 0 Å². The van der Waals surface area contributed by atoms with Gasteiger partial charge in [-0.15, -0.1) is 0 Å². The lowest BCUT2D eigenvalue weighted by molar-refractivity contribution is -0.114. The summed E-state index contributed by atoms with van der Waals surface area (Å²) in [6.07, 6.45) is 2.10. The highest BCUT2D eigenvalue weighted by atomic mass is 16.3. The molecular weight excluding hydrogens is 434 g/mol. The number of benzene rings is 2. The van der Waals surface area contributed by atoms with Crippen LogP contribution in [0.25, 0.3) is 11.2 Å². The molecule has 0 unspecified atom stereocenters. The van der Waals surface area contributed by atoms with Crippen LogP contribution in [0.4, 0.5) is 5.69 Å². The maximum atomic E-state index is 13.3. The highest BCUT2D eigenvalue weighted by Crippen LogP contribution is 2.17. The SMILES string of the molecule is CCCCn1c(=O)n(Cc2ccccc2[OH2+])c(=O)c2[nH]c(Cc3ccc(NC(C)=O)cc3)nc21. The van der Waals surface area contributed by atoms with Gasteiger partial charge in [0, 0.05) is 31.6 Å². The normalized spacial score (nSPS) is 11.1. The number of hydrogen-bond donors (Lipinski definition) is 2. The Kier molecular flexibility index (Phi) is 6.62. The number of nitrogens with zero attached hydrogens (tertiary/aromatic N) is 3. The van der Waals surface area contributed by atoms with Gasteiger partial charge >= 0.3 is 5.69 Å². The Bertz CT molecular complexity index is 1450. The van der Waals surface area contributed by atoms with Gasteiger partial charge in [0.05, 0.1) is 12.1 Å². The van der Waals surface area contributed by atoms with E-state index < -0.39 is 11.2 Å². The van der Waals surface area contributed by atoms with E-state index in [1.165, 1.54) is 11.5 Å². The molecule has 0 atom stereocenters. The first kappa shape index (κ1) is 23.0. The summed E-state index contributed by atoms with van der Waals surface area (Å²) in [6, 6.07) is 14.3. The van der Waals surface area contributed by atoms with E-state index in [1.807, 2.05) is 31.2 Å². The molecule has 4 N–H and O–H groups in total. The number of carbonyl (C=O) groups is 1. The lowest BCUT2D eigenvalue weighted by atomic mass is 10.1. The van der Waals surface area contributed by atoms with Crippen molar-refractivity contribution in [3.05, 3.63) is 86.3 Å². The van der Waals surface area contributed by atoms with Crippen LogP contribution in [-0.2, 0) is 24.3 Å². The van der Waals surface area contributed by atoms with Crippen molar-refractivity contribution in [2.24, 2.45) is 0 Å². The summed E-state index contributed by atoms with van der Waals surface area (Å²) in [6.45, 7) is 3.97. The fourth-order valence-electron chi connectivity index (χ4n) is 3.89. The zero-order valence-electron chi connectivity index (χ0n) is 19.2. The number of imidazole rings is 1. The second-order valence-corrected chi connectivity index (χ2v) is 8.27. The molecule has 2 heterocycles. The fraction of sp³-hybridized carbons (Fsp3) is 0.280. The molecule has 0 aliphatic carbocycles. The molecule has 4 rings (SSSR count). The molecule has 34 heavy (non-hydrogen) atoms. The Labute approximate surface area is 195 Å². The molecular formula is C25H28N5O4+. The van der Waals surface area contributed by atoms with Crippen molar-refractivity contribution < 1.29 is 9.90 Å². The topological polar surface area (TPSA) is 125 Å². The van der Waals surface area contributed by atoms with Crippen molar-refractivity contribution >= 4 is 22.8 Å². The van der Waals surface area contributed by atoms with Gasteiger partial charge in [-0.3, -0.25) is 18.7 Å². The van der Waals surface area contributed by atoms with Crippen molar-refractivity contribution in [3.8, 4) is 5.75 Å². The van der Waals surface area contributed by atoms with E-state index in [1.54, 1.807) is 28.8 Å². The summed E-state index contributed by atoms with van der Waals surface area (Å²) in [5.74, 6) is 0.712. The highest BCUT2D eigenvalue weighted by molar-refractivity contribution is 5.88. The Morgan fingerprint density at radius 3 is 2.50 bits per heavy atom. The minimum atomic E-state index is -0.448. The first-order chi connectivity index (χ1) is 16.4. The van der Waals surface area contributed by atoms with Crippen molar-refractivity contribution in [1.29, 1.82) is 0 Å². The minimum Gasteiger partial charge on any atom is -0.593 e. The number of hydrogen-bond acceptors (Lipinski definition) is 4. The predicted molar refractivity (Wildman–Crippen MR) is 132 cm³/mol. The predicted octanol–water partition coefficient (Wildman–Crippen LogP) is 2.72. The van der Waals surface area contributed by atoms with E-state index in [-0.39, 0.29) is 23.7 Å². The van der Waals surface area contributed by atoms with Gasteiger partial charge in [0.15, 0.2) is 5.65 Å². The second-order valence-electron chi connectivity index (χ2n) is 8.27. The van der Waals surface area contributed by atoms with E-state index in [4.69, 9.17) is 5.11 Å². The molecule has 176 valence electrons. The molecule has 0 saturated carbocycles. The molecule has 1 amide bonds. The fourth-order valence-corrected chi connectivity index (χ4v) is 3.89. The largest absolute Gasteiger partial charge is 0.593 e. The lowest BCUT2D eigenvalue weighted by Gasteiger charge is -2.11. The van der Waals surface area contributed by atoms with Crippen LogP contribution in [0, 0.1) is 0 Å². The van der Waals surface area contributed by atoms with E-state index >= 15 is 0 Å². The molecule has 0 radical (unpaired) electrons. The Balaban J connectivity index is 1.75. The van der Waals surface area contributed by atoms with Gasteiger partial charge in [0.1, 0.15) is 11.3 Å². The number of H-pyrrole nitrogens is 1. The van der Waals surface area contributed by atoms with Crippen molar-refractivity contribution in [1.82, 2.24) is 19.1 Å². The Morgan fingerprint density at radius 2 is 1.82 bits per heavy atom. The van der Waals surface area contributed by atoms with Gasteiger partial charge in [0.25, 0.3) is 11.3 Å². The highest BCUT2D eigenvalue weighted by Gasteiger charge is 2.19. The van der Waals surface area contributed by atoms with E-state index in [9.17, 15) is 14.4 Å². The smallest absolute Gasteiger partial charge is 0.333 e. The molecule has 9 heteroatoms. The maximum Gasteiger partial charge on any atom is 0.333 e. The first-order valence-electron chi connectivity index (χ1n) is 11.3. The molecule has 0 aliphatic rings. The van der Waals surface area contributed by atoms with Crippen LogP contribution in [0.5, 0.6) is 5.75 Å². The number of unbranched alkanes of at least 4 members (excludes halogenated alkanes) is 1. The van der Waals surface area contributed by atoms with Crippen molar-refractivity contribution in [2.45, 2.75) is 46.2 Å². The third kappa shape index (κ3) is 4.78. The summed E-state index contributed by atoms with van der Waals surface area (Å²) < 4.78 is 2.72. The van der Waals surface area contributed by atoms with Crippen molar-refractivity contribution in [3.63, 3.8) is 0 Å². The summed E-state index contributed by atoms with van der Waals surface area (Å²) in [4.78, 5) is 45.5. The maximum absolute atomic E-state index is 13.3. The molecule has 9 nitrogen and oxygen atoms in total. The summed E-state index contributed by atoms with van der Waals surface area (Å²) in [7, 11) is 0. The second kappa shape index (κ2) is 9.78. The zero-order valence-corrected chi connectivity index (χ0v) is 19.2. The molecule has 0 spiro atoms. The minimum absolute atomic E-state index is 0.0262. The van der Waals surface area contributed by atoms with Gasteiger partial charge in [-0.2, -0.15) is 0 Å². The van der Waals surface area contributed by atoms with E-state index in [0.29, 0.717) is 35.7 Å². The van der Waals surface area contributed by atoms with Crippen LogP contribution in [-0.4, -0.2) is 30.1 Å². The van der Waals surface area contributed by atoms with Crippen molar-refractivity contribution in [2.75, 3.05) is 5.32 Å². The number of aromatic nitrogens is 4. The molecule has 2 aromatic heterocycles. The van der Waals surface area contributed by atoms with E-state index in [2.05, 4.69) is 15.3 Å². The van der Waals surface area contributed by atoms with Gasteiger partial charge in [-0.05, 0) is 30.2 Å².